The smallest absolute Gasteiger partial charge is 0.418 e. The fourth-order valence-electron chi connectivity index (χ4n) is 4.11. The summed E-state index contributed by atoms with van der Waals surface area (Å²) in [6.45, 7) is 3.57. The highest BCUT2D eigenvalue weighted by molar-refractivity contribution is 7.80. The predicted octanol–water partition coefficient (Wildman–Crippen LogP) is -0.407. The first-order valence-electron chi connectivity index (χ1n) is 13.7. The first-order chi connectivity index (χ1) is 22.2. The average Bonchev–Trinajstić information content (AvgIpc) is 3.45. The van der Waals surface area contributed by atoms with Crippen LogP contribution in [0.15, 0.2) is 53.4 Å². The van der Waals surface area contributed by atoms with E-state index in [-0.39, 0.29) is 16.6 Å². The van der Waals surface area contributed by atoms with E-state index >= 15 is 0 Å². The molecule has 4 rings (SSSR count). The van der Waals surface area contributed by atoms with Crippen LogP contribution in [0.25, 0.3) is 0 Å². The third kappa shape index (κ3) is 9.07. The molecule has 0 aromatic carbocycles. The largest absolute Gasteiger partial charge is 0.487 e. The Morgan fingerprint density at radius 2 is 1.98 bits per heavy atom. The second-order valence-electron chi connectivity index (χ2n) is 10.4. The van der Waals surface area contributed by atoms with E-state index in [0.717, 1.165) is 30.0 Å². The van der Waals surface area contributed by atoms with E-state index < -0.39 is 58.2 Å². The minimum absolute atomic E-state index is 0.0512. The van der Waals surface area contributed by atoms with E-state index in [1.807, 2.05) is 29.1 Å². The van der Waals surface area contributed by atoms with Crippen molar-refractivity contribution in [2.45, 2.75) is 44.5 Å². The molecule has 4 heterocycles. The van der Waals surface area contributed by atoms with Crippen LogP contribution in [-0.4, -0.2) is 87.4 Å². The summed E-state index contributed by atoms with van der Waals surface area (Å²) in [4.78, 5) is 51.0. The van der Waals surface area contributed by atoms with Crippen molar-refractivity contribution in [3.05, 3.63) is 53.9 Å². The van der Waals surface area contributed by atoms with Crippen LogP contribution in [0.5, 0.6) is 5.75 Å². The number of hydrogen-bond donors (Lipinski definition) is 6. The van der Waals surface area contributed by atoms with E-state index in [4.69, 9.17) is 25.6 Å². The molecule has 0 bridgehead atoms. The van der Waals surface area contributed by atoms with Gasteiger partial charge in [0, 0.05) is 23.9 Å². The number of β-lactam (4-membered cyclic amide) rings is 1. The molecule has 252 valence electrons. The third-order valence-corrected chi connectivity index (χ3v) is 7.58. The van der Waals surface area contributed by atoms with Crippen molar-refractivity contribution in [3.63, 3.8) is 0 Å². The van der Waals surface area contributed by atoms with Gasteiger partial charge in [0.15, 0.2) is 23.2 Å². The molecule has 0 radical (unpaired) electrons. The zero-order valence-corrected chi connectivity index (χ0v) is 26.6. The van der Waals surface area contributed by atoms with Gasteiger partial charge in [0.05, 0.1) is 17.4 Å². The molecule has 1 aliphatic heterocycles. The van der Waals surface area contributed by atoms with Crippen LogP contribution >= 0.6 is 11.3 Å². The molecule has 21 heteroatoms. The normalized spacial score (nSPS) is 16.6. The van der Waals surface area contributed by atoms with Gasteiger partial charge >= 0.3 is 16.4 Å². The van der Waals surface area contributed by atoms with Crippen molar-refractivity contribution in [3.8, 4) is 5.75 Å². The molecule has 8 N–H and O–H groups in total. The van der Waals surface area contributed by atoms with Crippen molar-refractivity contribution in [2.24, 2.45) is 10.9 Å². The van der Waals surface area contributed by atoms with Crippen LogP contribution < -0.4 is 31.4 Å². The molecule has 0 saturated carbocycles. The number of pyridine rings is 2. The lowest BCUT2D eigenvalue weighted by Crippen LogP contribution is -2.76. The van der Waals surface area contributed by atoms with Crippen molar-refractivity contribution in [2.75, 3.05) is 24.2 Å². The molecule has 3 aromatic heterocycles. The van der Waals surface area contributed by atoms with Gasteiger partial charge in [-0.05, 0) is 32.5 Å². The van der Waals surface area contributed by atoms with Crippen LogP contribution in [0.4, 0.5) is 16.6 Å². The number of nitrogens with one attached hydrogen (secondary N) is 2. The summed E-state index contributed by atoms with van der Waals surface area (Å²) in [7, 11) is -5.02. The van der Waals surface area contributed by atoms with Gasteiger partial charge in [-0.25, -0.2) is 19.3 Å². The number of anilines is 3. The number of rotatable bonds is 16. The summed E-state index contributed by atoms with van der Waals surface area (Å²) in [5.74, 6) is -2.78. The number of hydroxylamine groups is 2. The molecule has 0 spiro atoms. The molecule has 47 heavy (non-hydrogen) atoms. The second-order valence-corrected chi connectivity index (χ2v) is 12.3. The molecule has 0 aliphatic carbocycles. The number of nitrogens with two attached hydrogens (primary N) is 2. The molecular weight excluding hydrogens is 662 g/mol. The number of aromatic nitrogens is 3. The maximum absolute atomic E-state index is 13.2. The number of nitrogens with zero attached hydrogens (tertiary/aromatic N) is 5. The number of carbonyl (C=O) groups excluding carboxylic acids is 2. The first-order valence-corrected chi connectivity index (χ1v) is 16.0. The van der Waals surface area contributed by atoms with Gasteiger partial charge in [-0.3, -0.25) is 14.1 Å². The van der Waals surface area contributed by atoms with E-state index in [1.54, 1.807) is 12.1 Å². The Balaban J connectivity index is 1.40. The summed E-state index contributed by atoms with van der Waals surface area (Å²) < 4.78 is 42.9. The number of hydrogen-bond acceptors (Lipinski definition) is 15. The molecule has 1 aliphatic rings. The maximum Gasteiger partial charge on any atom is 0.418 e. The van der Waals surface area contributed by atoms with Gasteiger partial charge in [-0.1, -0.05) is 5.16 Å². The molecule has 0 unspecified atom stereocenters. The fourth-order valence-corrected chi connectivity index (χ4v) is 5.11. The van der Waals surface area contributed by atoms with E-state index in [1.165, 1.54) is 25.4 Å². The fraction of sp³-hybridized carbons (Fsp3) is 0.346. The number of oxime groups is 1. The van der Waals surface area contributed by atoms with Crippen molar-refractivity contribution < 1.29 is 50.9 Å². The van der Waals surface area contributed by atoms with Crippen LogP contribution in [0.2, 0.25) is 0 Å². The average molecular weight is 695 g/mol. The van der Waals surface area contributed by atoms with Crippen LogP contribution in [0.1, 0.15) is 26.0 Å². The number of thiazole rings is 1. The summed E-state index contributed by atoms with van der Waals surface area (Å²) in [5.41, 5.74) is 9.96. The zero-order valence-electron chi connectivity index (χ0n) is 25.0. The van der Waals surface area contributed by atoms with Crippen molar-refractivity contribution in [1.29, 1.82) is 0 Å². The SMILES string of the molecule is CC1(C)[C@H](NC(=O)/C(=N\O[C@@H](COc2ccc(Nc3cc[n+](CCCN)cc3)nc2)C(=O)O)c2csc(N)n2)C(=O)N1OS(=O)(=O)O. The van der Waals surface area contributed by atoms with Crippen molar-refractivity contribution in [1.82, 2.24) is 20.3 Å². The molecule has 19 nitrogen and oxygen atoms in total. The molecule has 2 amide bonds. The minimum Gasteiger partial charge on any atom is -0.487 e. The lowest BCUT2D eigenvalue weighted by atomic mass is 9.84. The number of aliphatic carboxylic acids is 1. The van der Waals surface area contributed by atoms with E-state index in [2.05, 4.69) is 30.0 Å². The Bertz CT molecular complexity index is 1730. The summed E-state index contributed by atoms with van der Waals surface area (Å²) in [5, 5.41) is 20.7. The van der Waals surface area contributed by atoms with Gasteiger partial charge in [0.1, 0.15) is 36.5 Å². The number of carboxylic acids is 1. The lowest BCUT2D eigenvalue weighted by molar-refractivity contribution is -0.697. The molecule has 2 atom stereocenters. The number of ether oxygens (including phenoxy) is 1. The third-order valence-electron chi connectivity index (χ3n) is 6.57. The standard InChI is InChI=1S/C26H31N9O10S2/c1-26(2)21(23(37)35(26)45-47(40,41)42)32-22(36)20(17-14-46-25(28)31-17)33-44-18(24(38)39)13-43-16-4-5-19(29-12-16)30-15-6-10-34(11-7-15)9-3-8-27/h4-7,10-12,14,18,21H,3,8-9,13,27H2,1-2H3,(H5,28,31,32,36,38,39,40,41,42)/p+1/b33-20-/t18-,21+/m0/s1. The van der Waals surface area contributed by atoms with Crippen LogP contribution in [0, 0.1) is 0 Å². The highest BCUT2D eigenvalue weighted by Crippen LogP contribution is 2.33. The van der Waals surface area contributed by atoms with Crippen LogP contribution in [-0.2, 0) is 40.4 Å². The van der Waals surface area contributed by atoms with Gasteiger partial charge < -0.3 is 36.8 Å². The van der Waals surface area contributed by atoms with Gasteiger partial charge in [0.25, 0.3) is 17.9 Å². The Morgan fingerprint density at radius 3 is 2.53 bits per heavy atom. The zero-order chi connectivity index (χ0) is 34.4. The van der Waals surface area contributed by atoms with Crippen LogP contribution in [0.3, 0.4) is 0 Å². The number of carboxylic acid groups (broad SMARTS) is 1. The first kappa shape index (κ1) is 34.9. The predicted molar refractivity (Wildman–Crippen MR) is 164 cm³/mol. The molecule has 1 fully saturated rings. The van der Waals surface area contributed by atoms with E-state index in [0.29, 0.717) is 17.4 Å². The Labute approximate surface area is 272 Å². The topological polar surface area (TPSA) is 275 Å². The quantitative estimate of drug-likeness (QED) is 0.0366. The molecular formula is C26H32N9O10S2+. The number of carbonyl (C=O) groups is 3. The maximum atomic E-state index is 13.2. The van der Waals surface area contributed by atoms with Gasteiger partial charge in [-0.15, -0.1) is 15.6 Å². The van der Waals surface area contributed by atoms with Crippen molar-refractivity contribution >= 4 is 61.9 Å². The second kappa shape index (κ2) is 14.6. The number of aryl methyl sites for hydroxylation is 1. The highest BCUT2D eigenvalue weighted by Gasteiger charge is 2.58. The lowest BCUT2D eigenvalue weighted by Gasteiger charge is -2.50. The minimum atomic E-state index is -5.02. The monoisotopic (exact) mass is 694 g/mol. The Morgan fingerprint density at radius 1 is 1.26 bits per heavy atom. The number of nitrogen functional groups attached to an aromatic ring is 1. The Hall–Kier alpha value is -4.96. The summed E-state index contributed by atoms with van der Waals surface area (Å²) in [6.07, 6.45) is 4.34. The van der Waals surface area contributed by atoms with Gasteiger partial charge in [0.2, 0.25) is 0 Å². The molecule has 1 saturated heterocycles. The van der Waals surface area contributed by atoms with E-state index in [9.17, 15) is 27.9 Å². The molecule has 3 aromatic rings. The highest BCUT2D eigenvalue weighted by atomic mass is 32.3. The Kier molecular flexibility index (Phi) is 10.9. The summed E-state index contributed by atoms with van der Waals surface area (Å²) >= 11 is 0.951. The number of amides is 2. The summed E-state index contributed by atoms with van der Waals surface area (Å²) in [6, 6.07) is 5.61. The van der Waals surface area contributed by atoms with Gasteiger partial charge in [-0.2, -0.15) is 13.5 Å².